The molecule has 0 fully saturated rings. The fraction of sp³-hybridized carbons (Fsp3) is 1.00. The Balaban J connectivity index is 4.08. The summed E-state index contributed by atoms with van der Waals surface area (Å²) >= 11 is 0. The van der Waals surface area contributed by atoms with Crippen LogP contribution in [0.5, 0.6) is 0 Å². The largest absolute Gasteiger partial charge is 0.0651 e. The predicted molar refractivity (Wildman–Crippen MR) is 66.4 cm³/mol. The van der Waals surface area contributed by atoms with Crippen LogP contribution in [-0.2, 0) is 0 Å². The van der Waals surface area contributed by atoms with Gasteiger partial charge in [0.15, 0.2) is 0 Å². The van der Waals surface area contributed by atoms with E-state index in [1.807, 2.05) is 0 Å². The van der Waals surface area contributed by atoms with E-state index in [2.05, 4.69) is 48.5 Å². The molecule has 0 saturated heterocycles. The SMILES string of the molecule is CCC(CC(C)C(C)C(C)C)C(C)C. The first-order valence-corrected chi connectivity index (χ1v) is 6.40. The third-order valence-electron chi connectivity index (χ3n) is 4.09. The van der Waals surface area contributed by atoms with E-state index in [-0.39, 0.29) is 0 Å². The molecule has 0 bridgehead atoms. The molecule has 14 heavy (non-hydrogen) atoms. The molecule has 0 aliphatic heterocycles. The highest BCUT2D eigenvalue weighted by Crippen LogP contribution is 2.30. The van der Waals surface area contributed by atoms with Crippen LogP contribution >= 0.6 is 0 Å². The summed E-state index contributed by atoms with van der Waals surface area (Å²) in [6.07, 6.45) is 2.75. The summed E-state index contributed by atoms with van der Waals surface area (Å²) in [5, 5.41) is 0. The molecule has 0 N–H and O–H groups in total. The van der Waals surface area contributed by atoms with Gasteiger partial charge in [-0.2, -0.15) is 0 Å². The van der Waals surface area contributed by atoms with E-state index in [4.69, 9.17) is 0 Å². The van der Waals surface area contributed by atoms with Crippen molar-refractivity contribution in [1.29, 1.82) is 0 Å². The lowest BCUT2D eigenvalue weighted by Gasteiger charge is -2.29. The topological polar surface area (TPSA) is 0 Å². The second kappa shape index (κ2) is 6.48. The second-order valence-electron chi connectivity index (χ2n) is 5.73. The second-order valence-corrected chi connectivity index (χ2v) is 5.73. The lowest BCUT2D eigenvalue weighted by molar-refractivity contribution is 0.215. The summed E-state index contributed by atoms with van der Waals surface area (Å²) in [5.74, 6) is 4.34. The van der Waals surface area contributed by atoms with Crippen LogP contribution in [0.15, 0.2) is 0 Å². The van der Waals surface area contributed by atoms with Crippen molar-refractivity contribution in [1.82, 2.24) is 0 Å². The fourth-order valence-electron chi connectivity index (χ4n) is 2.26. The monoisotopic (exact) mass is 198 g/mol. The minimum atomic E-state index is 0.828. The smallest absolute Gasteiger partial charge is 0.0391 e. The average molecular weight is 198 g/mol. The van der Waals surface area contributed by atoms with Crippen molar-refractivity contribution in [3.63, 3.8) is 0 Å². The maximum absolute atomic E-state index is 2.43. The molecule has 0 aliphatic rings. The average Bonchev–Trinajstić information content (AvgIpc) is 2.11. The lowest BCUT2D eigenvalue weighted by atomic mass is 9.77. The molecular weight excluding hydrogens is 168 g/mol. The zero-order chi connectivity index (χ0) is 11.3. The molecule has 0 aromatic rings. The fourth-order valence-corrected chi connectivity index (χ4v) is 2.26. The van der Waals surface area contributed by atoms with Gasteiger partial charge >= 0.3 is 0 Å². The van der Waals surface area contributed by atoms with Gasteiger partial charge in [-0.05, 0) is 36.0 Å². The van der Waals surface area contributed by atoms with Gasteiger partial charge in [0, 0.05) is 0 Å². The van der Waals surface area contributed by atoms with E-state index < -0.39 is 0 Å². The number of rotatable bonds is 6. The summed E-state index contributed by atoms with van der Waals surface area (Å²) in [7, 11) is 0. The maximum atomic E-state index is 2.43. The van der Waals surface area contributed by atoms with Gasteiger partial charge < -0.3 is 0 Å². The number of hydrogen-bond donors (Lipinski definition) is 0. The van der Waals surface area contributed by atoms with Gasteiger partial charge in [0.25, 0.3) is 0 Å². The molecule has 0 aliphatic carbocycles. The molecule has 0 spiro atoms. The Morgan fingerprint density at radius 3 is 1.57 bits per heavy atom. The van der Waals surface area contributed by atoms with E-state index in [9.17, 15) is 0 Å². The quantitative estimate of drug-likeness (QED) is 0.564. The molecular formula is C14H30. The van der Waals surface area contributed by atoms with Crippen LogP contribution in [-0.4, -0.2) is 0 Å². The van der Waals surface area contributed by atoms with Crippen molar-refractivity contribution in [3.05, 3.63) is 0 Å². The molecule has 0 heteroatoms. The standard InChI is InChI=1S/C14H30/c1-8-14(11(4)5)9-12(6)13(7)10(2)3/h10-14H,8-9H2,1-7H3. The summed E-state index contributed by atoms with van der Waals surface area (Å²) < 4.78 is 0. The van der Waals surface area contributed by atoms with E-state index >= 15 is 0 Å². The van der Waals surface area contributed by atoms with Crippen LogP contribution in [0.25, 0.3) is 0 Å². The van der Waals surface area contributed by atoms with Crippen molar-refractivity contribution in [2.45, 2.75) is 61.3 Å². The highest BCUT2D eigenvalue weighted by molar-refractivity contribution is 4.71. The highest BCUT2D eigenvalue weighted by atomic mass is 14.3. The third kappa shape index (κ3) is 4.48. The van der Waals surface area contributed by atoms with Gasteiger partial charge in [-0.3, -0.25) is 0 Å². The first kappa shape index (κ1) is 14.0. The van der Waals surface area contributed by atoms with Crippen molar-refractivity contribution >= 4 is 0 Å². The van der Waals surface area contributed by atoms with Gasteiger partial charge in [0.1, 0.15) is 0 Å². The van der Waals surface area contributed by atoms with Crippen molar-refractivity contribution in [2.24, 2.45) is 29.6 Å². The zero-order valence-corrected chi connectivity index (χ0v) is 11.3. The van der Waals surface area contributed by atoms with Crippen LogP contribution in [0.1, 0.15) is 61.3 Å². The Bertz CT molecular complexity index is 135. The van der Waals surface area contributed by atoms with E-state index in [0.717, 1.165) is 29.6 Å². The van der Waals surface area contributed by atoms with Crippen LogP contribution in [0.3, 0.4) is 0 Å². The van der Waals surface area contributed by atoms with Crippen LogP contribution in [0.2, 0.25) is 0 Å². The van der Waals surface area contributed by atoms with Gasteiger partial charge in [0.05, 0.1) is 0 Å². The molecule has 0 amide bonds. The van der Waals surface area contributed by atoms with Crippen LogP contribution in [0, 0.1) is 29.6 Å². The van der Waals surface area contributed by atoms with Gasteiger partial charge in [-0.1, -0.05) is 54.9 Å². The Kier molecular flexibility index (Phi) is 6.48. The molecule has 3 atom stereocenters. The third-order valence-corrected chi connectivity index (χ3v) is 4.09. The van der Waals surface area contributed by atoms with Crippen molar-refractivity contribution in [2.75, 3.05) is 0 Å². The number of hydrogen-bond acceptors (Lipinski definition) is 0. The Hall–Kier alpha value is 0. The summed E-state index contributed by atoms with van der Waals surface area (Å²) in [4.78, 5) is 0. The molecule has 0 aromatic heterocycles. The summed E-state index contributed by atoms with van der Waals surface area (Å²) in [6.45, 7) is 16.6. The Morgan fingerprint density at radius 2 is 1.29 bits per heavy atom. The van der Waals surface area contributed by atoms with E-state index in [1.54, 1.807) is 0 Å². The molecule has 0 saturated carbocycles. The molecule has 3 unspecified atom stereocenters. The Labute approximate surface area is 91.5 Å². The van der Waals surface area contributed by atoms with Crippen LogP contribution < -0.4 is 0 Å². The highest BCUT2D eigenvalue weighted by Gasteiger charge is 2.20. The van der Waals surface area contributed by atoms with Crippen molar-refractivity contribution < 1.29 is 0 Å². The van der Waals surface area contributed by atoms with Crippen LogP contribution in [0.4, 0.5) is 0 Å². The molecule has 0 nitrogen and oxygen atoms in total. The maximum Gasteiger partial charge on any atom is -0.0391 e. The first-order valence-electron chi connectivity index (χ1n) is 6.40. The summed E-state index contributed by atoms with van der Waals surface area (Å²) in [5.41, 5.74) is 0. The predicted octanol–water partition coefficient (Wildman–Crippen LogP) is 4.99. The molecule has 0 heterocycles. The van der Waals surface area contributed by atoms with Gasteiger partial charge in [0.2, 0.25) is 0 Å². The van der Waals surface area contributed by atoms with Crippen molar-refractivity contribution in [3.8, 4) is 0 Å². The normalized spacial score (nSPS) is 18.6. The van der Waals surface area contributed by atoms with E-state index in [0.29, 0.717) is 0 Å². The van der Waals surface area contributed by atoms with Gasteiger partial charge in [-0.25, -0.2) is 0 Å². The van der Waals surface area contributed by atoms with Gasteiger partial charge in [-0.15, -0.1) is 0 Å². The minimum Gasteiger partial charge on any atom is -0.0651 e. The zero-order valence-electron chi connectivity index (χ0n) is 11.3. The first-order chi connectivity index (χ1) is 6.40. The molecule has 86 valence electrons. The lowest BCUT2D eigenvalue weighted by Crippen LogP contribution is -2.19. The molecule has 0 radical (unpaired) electrons. The minimum absolute atomic E-state index is 0.828. The summed E-state index contributed by atoms with van der Waals surface area (Å²) in [6, 6.07) is 0. The van der Waals surface area contributed by atoms with E-state index in [1.165, 1.54) is 12.8 Å². The Morgan fingerprint density at radius 1 is 0.786 bits per heavy atom. The molecule has 0 aromatic carbocycles. The molecule has 0 rings (SSSR count).